The van der Waals surface area contributed by atoms with E-state index in [4.69, 9.17) is 11.6 Å². The van der Waals surface area contributed by atoms with Crippen LogP contribution >= 0.6 is 11.6 Å². The maximum absolute atomic E-state index is 11.8. The predicted octanol–water partition coefficient (Wildman–Crippen LogP) is 3.34. The first-order valence-corrected chi connectivity index (χ1v) is 9.96. The number of amides is 2. The van der Waals surface area contributed by atoms with Gasteiger partial charge in [0.1, 0.15) is 0 Å². The Hall–Kier alpha value is -1.30. The van der Waals surface area contributed by atoms with Gasteiger partial charge in [-0.2, -0.15) is 0 Å². The Morgan fingerprint density at radius 2 is 1.69 bits per heavy atom. The summed E-state index contributed by atoms with van der Waals surface area (Å²) in [4.78, 5) is 16.9. The minimum Gasteiger partial charge on any atom is -0.338 e. The second kappa shape index (κ2) is 10.1. The van der Waals surface area contributed by atoms with E-state index in [1.807, 2.05) is 24.3 Å². The molecule has 1 heterocycles. The predicted molar refractivity (Wildman–Crippen MR) is 109 cm³/mol. The zero-order chi connectivity index (χ0) is 19.0. The van der Waals surface area contributed by atoms with Crippen LogP contribution in [0.3, 0.4) is 0 Å². The molecule has 2 rings (SSSR count). The van der Waals surface area contributed by atoms with Gasteiger partial charge in [-0.3, -0.25) is 4.90 Å². The largest absolute Gasteiger partial charge is 0.338 e. The van der Waals surface area contributed by atoms with Crippen LogP contribution in [0.1, 0.15) is 39.2 Å². The van der Waals surface area contributed by atoms with Crippen molar-refractivity contribution in [3.63, 3.8) is 0 Å². The molecule has 1 fully saturated rings. The molecule has 0 atom stereocenters. The maximum Gasteiger partial charge on any atom is 0.315 e. The molecule has 6 heteroatoms. The summed E-state index contributed by atoms with van der Waals surface area (Å²) in [7, 11) is 0. The van der Waals surface area contributed by atoms with Gasteiger partial charge in [0.2, 0.25) is 0 Å². The van der Waals surface area contributed by atoms with E-state index in [1.54, 1.807) is 0 Å². The number of hydrogen-bond donors (Lipinski definition) is 2. The minimum atomic E-state index is -0.112. The van der Waals surface area contributed by atoms with E-state index >= 15 is 0 Å². The Morgan fingerprint density at radius 3 is 2.31 bits per heavy atom. The van der Waals surface area contributed by atoms with Gasteiger partial charge >= 0.3 is 6.03 Å². The Bertz CT molecular complexity index is 548. The SMILES string of the molecule is CC(C)(C)N1CCN(CCCCNC(=O)NCc2ccc(Cl)cc2)CC1. The number of halogens is 1. The highest BCUT2D eigenvalue weighted by Crippen LogP contribution is 2.15. The fraction of sp³-hybridized carbons (Fsp3) is 0.650. The number of nitrogens with one attached hydrogen (secondary N) is 2. The van der Waals surface area contributed by atoms with Gasteiger partial charge in [0.15, 0.2) is 0 Å². The van der Waals surface area contributed by atoms with Crippen molar-refractivity contribution in [1.82, 2.24) is 20.4 Å². The number of benzene rings is 1. The number of unbranched alkanes of at least 4 members (excludes halogenated alkanes) is 1. The monoisotopic (exact) mass is 380 g/mol. The van der Waals surface area contributed by atoms with E-state index in [0.29, 0.717) is 18.1 Å². The van der Waals surface area contributed by atoms with Crippen molar-refractivity contribution in [3.05, 3.63) is 34.9 Å². The zero-order valence-corrected chi connectivity index (χ0v) is 17.1. The van der Waals surface area contributed by atoms with Crippen molar-refractivity contribution in [3.8, 4) is 0 Å². The van der Waals surface area contributed by atoms with Crippen LogP contribution in [0.5, 0.6) is 0 Å². The Kier molecular flexibility index (Phi) is 8.19. The highest BCUT2D eigenvalue weighted by molar-refractivity contribution is 6.30. The van der Waals surface area contributed by atoms with E-state index < -0.39 is 0 Å². The lowest BCUT2D eigenvalue weighted by Gasteiger charge is -2.42. The van der Waals surface area contributed by atoms with E-state index in [9.17, 15) is 4.79 Å². The first kappa shape index (κ1) is 21.0. The molecule has 5 nitrogen and oxygen atoms in total. The van der Waals surface area contributed by atoms with Crippen LogP contribution in [-0.4, -0.2) is 60.6 Å². The van der Waals surface area contributed by atoms with Crippen molar-refractivity contribution in [2.45, 2.75) is 45.7 Å². The summed E-state index contributed by atoms with van der Waals surface area (Å²) in [6.45, 7) is 13.8. The summed E-state index contributed by atoms with van der Waals surface area (Å²) < 4.78 is 0. The molecule has 0 aromatic heterocycles. The summed E-state index contributed by atoms with van der Waals surface area (Å²) in [5.74, 6) is 0. The van der Waals surface area contributed by atoms with Crippen LogP contribution in [0.4, 0.5) is 4.79 Å². The van der Waals surface area contributed by atoms with Gasteiger partial charge < -0.3 is 15.5 Å². The van der Waals surface area contributed by atoms with Crippen molar-refractivity contribution in [2.75, 3.05) is 39.3 Å². The third-order valence-corrected chi connectivity index (χ3v) is 5.13. The molecule has 1 aliphatic heterocycles. The quantitative estimate of drug-likeness (QED) is 0.713. The number of piperazine rings is 1. The number of carbonyl (C=O) groups excluding carboxylic acids is 1. The molecule has 2 amide bonds. The van der Waals surface area contributed by atoms with Crippen molar-refractivity contribution < 1.29 is 4.79 Å². The number of carbonyl (C=O) groups is 1. The van der Waals surface area contributed by atoms with Gasteiger partial charge in [0.25, 0.3) is 0 Å². The Morgan fingerprint density at radius 1 is 1.04 bits per heavy atom. The number of nitrogens with zero attached hydrogens (tertiary/aromatic N) is 2. The molecule has 2 N–H and O–H groups in total. The molecule has 0 saturated carbocycles. The second-order valence-corrected chi connectivity index (χ2v) is 8.38. The van der Waals surface area contributed by atoms with Gasteiger partial charge in [0.05, 0.1) is 0 Å². The van der Waals surface area contributed by atoms with Crippen LogP contribution in [0.15, 0.2) is 24.3 Å². The molecule has 146 valence electrons. The summed E-state index contributed by atoms with van der Waals surface area (Å²) in [6.07, 6.45) is 2.13. The molecular formula is C20H33ClN4O. The lowest BCUT2D eigenvalue weighted by molar-refractivity contribution is 0.0617. The van der Waals surface area contributed by atoms with Gasteiger partial charge in [-0.05, 0) is 57.9 Å². The van der Waals surface area contributed by atoms with Crippen LogP contribution in [0.2, 0.25) is 5.02 Å². The first-order valence-electron chi connectivity index (χ1n) is 9.58. The maximum atomic E-state index is 11.8. The normalized spacial score (nSPS) is 16.5. The Labute approximate surface area is 163 Å². The van der Waals surface area contributed by atoms with E-state index in [0.717, 1.165) is 51.1 Å². The van der Waals surface area contributed by atoms with Crippen molar-refractivity contribution in [1.29, 1.82) is 0 Å². The molecule has 1 saturated heterocycles. The van der Waals surface area contributed by atoms with Gasteiger partial charge in [-0.25, -0.2) is 4.79 Å². The fourth-order valence-corrected chi connectivity index (χ4v) is 3.28. The zero-order valence-electron chi connectivity index (χ0n) is 16.4. The molecular weight excluding hydrogens is 348 g/mol. The lowest BCUT2D eigenvalue weighted by atomic mass is 10.0. The minimum absolute atomic E-state index is 0.112. The van der Waals surface area contributed by atoms with E-state index in [1.165, 1.54) is 0 Å². The van der Waals surface area contributed by atoms with Crippen molar-refractivity contribution in [2.24, 2.45) is 0 Å². The molecule has 0 spiro atoms. The molecule has 0 bridgehead atoms. The standard InChI is InChI=1S/C20H33ClN4O/c1-20(2,3)25-14-12-24(13-15-25)11-5-4-10-22-19(26)23-16-17-6-8-18(21)9-7-17/h6-9H,4-5,10-16H2,1-3H3,(H2,22,23,26). The summed E-state index contributed by atoms with van der Waals surface area (Å²) in [5, 5.41) is 6.50. The molecule has 0 aliphatic carbocycles. The topological polar surface area (TPSA) is 47.6 Å². The summed E-state index contributed by atoms with van der Waals surface area (Å²) in [6, 6.07) is 7.39. The molecule has 0 radical (unpaired) electrons. The molecule has 1 aromatic rings. The number of hydrogen-bond acceptors (Lipinski definition) is 3. The van der Waals surface area contributed by atoms with E-state index in [-0.39, 0.29) is 11.6 Å². The van der Waals surface area contributed by atoms with E-state index in [2.05, 4.69) is 41.2 Å². The number of rotatable bonds is 7. The second-order valence-electron chi connectivity index (χ2n) is 7.94. The first-order chi connectivity index (χ1) is 12.3. The van der Waals surface area contributed by atoms with Crippen LogP contribution < -0.4 is 10.6 Å². The average Bonchev–Trinajstić information content (AvgIpc) is 2.60. The third kappa shape index (κ3) is 7.52. The van der Waals surface area contributed by atoms with Gasteiger partial charge in [-0.1, -0.05) is 23.7 Å². The molecule has 26 heavy (non-hydrogen) atoms. The lowest BCUT2D eigenvalue weighted by Crippen LogP contribution is -2.53. The van der Waals surface area contributed by atoms with Crippen molar-refractivity contribution >= 4 is 17.6 Å². The third-order valence-electron chi connectivity index (χ3n) is 4.87. The molecule has 1 aromatic carbocycles. The van der Waals surface area contributed by atoms with Crippen LogP contribution in [0, 0.1) is 0 Å². The van der Waals surface area contributed by atoms with Crippen LogP contribution in [-0.2, 0) is 6.54 Å². The molecule has 1 aliphatic rings. The summed E-state index contributed by atoms with van der Waals surface area (Å²) >= 11 is 5.85. The van der Waals surface area contributed by atoms with Crippen LogP contribution in [0.25, 0.3) is 0 Å². The number of urea groups is 1. The highest BCUT2D eigenvalue weighted by atomic mass is 35.5. The smallest absolute Gasteiger partial charge is 0.315 e. The van der Waals surface area contributed by atoms with Gasteiger partial charge in [0, 0.05) is 49.8 Å². The molecule has 0 unspecified atom stereocenters. The van der Waals surface area contributed by atoms with Gasteiger partial charge in [-0.15, -0.1) is 0 Å². The highest BCUT2D eigenvalue weighted by Gasteiger charge is 2.25. The fourth-order valence-electron chi connectivity index (χ4n) is 3.15. The Balaban J connectivity index is 1.50. The average molecular weight is 381 g/mol. The summed E-state index contributed by atoms with van der Waals surface area (Å²) in [5.41, 5.74) is 1.31.